The molecule has 2 heteroatoms. The topological polar surface area (TPSA) is 29.3 Å². The average molecular weight is 142 g/mol. The van der Waals surface area contributed by atoms with Crippen LogP contribution in [0.4, 0.5) is 0 Å². The average Bonchev–Trinajstić information content (AvgIpc) is 1.96. The summed E-state index contributed by atoms with van der Waals surface area (Å²) in [6.07, 6.45) is 2.55. The van der Waals surface area contributed by atoms with Crippen molar-refractivity contribution in [2.75, 3.05) is 13.1 Å². The molecule has 60 valence electrons. The SMILES string of the molecule is CCC(CN)N1CCC1C. The highest BCUT2D eigenvalue weighted by Crippen LogP contribution is 2.20. The number of rotatable bonds is 3. The minimum Gasteiger partial charge on any atom is -0.329 e. The van der Waals surface area contributed by atoms with Crippen LogP contribution in [0.25, 0.3) is 0 Å². The molecule has 0 aromatic rings. The van der Waals surface area contributed by atoms with E-state index in [1.807, 2.05) is 0 Å². The maximum Gasteiger partial charge on any atom is 0.0218 e. The van der Waals surface area contributed by atoms with Crippen LogP contribution in [0.1, 0.15) is 26.7 Å². The molecule has 1 rings (SSSR count). The Labute approximate surface area is 63.4 Å². The Morgan fingerprint density at radius 2 is 2.40 bits per heavy atom. The summed E-state index contributed by atoms with van der Waals surface area (Å²) in [5, 5.41) is 0. The lowest BCUT2D eigenvalue weighted by Crippen LogP contribution is -2.53. The van der Waals surface area contributed by atoms with Gasteiger partial charge in [0.05, 0.1) is 0 Å². The molecule has 0 amide bonds. The number of nitrogens with two attached hydrogens (primary N) is 1. The summed E-state index contributed by atoms with van der Waals surface area (Å²) in [7, 11) is 0. The van der Waals surface area contributed by atoms with Crippen molar-refractivity contribution in [2.45, 2.75) is 38.8 Å². The van der Waals surface area contributed by atoms with Crippen molar-refractivity contribution in [3.8, 4) is 0 Å². The number of likely N-dealkylation sites (tertiary alicyclic amines) is 1. The van der Waals surface area contributed by atoms with Crippen LogP contribution < -0.4 is 5.73 Å². The molecule has 1 heterocycles. The first-order valence-electron chi connectivity index (χ1n) is 4.25. The molecule has 0 radical (unpaired) electrons. The summed E-state index contributed by atoms with van der Waals surface area (Å²) < 4.78 is 0. The third-order valence-corrected chi connectivity index (χ3v) is 2.58. The van der Waals surface area contributed by atoms with Crippen LogP contribution in [0, 0.1) is 0 Å². The first kappa shape index (κ1) is 8.02. The van der Waals surface area contributed by atoms with E-state index in [1.165, 1.54) is 19.4 Å². The molecule has 2 unspecified atom stereocenters. The summed E-state index contributed by atoms with van der Waals surface area (Å²) in [4.78, 5) is 2.50. The Balaban J connectivity index is 2.31. The Morgan fingerprint density at radius 1 is 1.70 bits per heavy atom. The van der Waals surface area contributed by atoms with E-state index in [0.717, 1.165) is 12.6 Å². The molecule has 0 aromatic carbocycles. The van der Waals surface area contributed by atoms with Crippen molar-refractivity contribution in [3.05, 3.63) is 0 Å². The molecule has 2 atom stereocenters. The lowest BCUT2D eigenvalue weighted by molar-refractivity contribution is 0.0544. The van der Waals surface area contributed by atoms with Gasteiger partial charge in [-0.1, -0.05) is 6.92 Å². The molecule has 1 aliphatic heterocycles. The number of nitrogens with zero attached hydrogens (tertiary/aromatic N) is 1. The smallest absolute Gasteiger partial charge is 0.0218 e. The molecule has 2 N–H and O–H groups in total. The predicted molar refractivity (Wildman–Crippen MR) is 43.9 cm³/mol. The number of hydrogen-bond acceptors (Lipinski definition) is 2. The zero-order valence-corrected chi connectivity index (χ0v) is 7.01. The normalized spacial score (nSPS) is 29.7. The van der Waals surface area contributed by atoms with Gasteiger partial charge in [-0.15, -0.1) is 0 Å². The fourth-order valence-electron chi connectivity index (χ4n) is 1.62. The van der Waals surface area contributed by atoms with E-state index in [4.69, 9.17) is 5.73 Å². The van der Waals surface area contributed by atoms with Crippen molar-refractivity contribution in [2.24, 2.45) is 5.73 Å². The Hall–Kier alpha value is -0.0800. The first-order chi connectivity index (χ1) is 4.79. The third kappa shape index (κ3) is 1.32. The second kappa shape index (κ2) is 3.35. The highest BCUT2D eigenvalue weighted by atomic mass is 15.2. The van der Waals surface area contributed by atoms with E-state index in [9.17, 15) is 0 Å². The van der Waals surface area contributed by atoms with Gasteiger partial charge >= 0.3 is 0 Å². The first-order valence-corrected chi connectivity index (χ1v) is 4.25. The lowest BCUT2D eigenvalue weighted by Gasteiger charge is -2.43. The maximum atomic E-state index is 5.61. The molecule has 0 aromatic heterocycles. The molecular weight excluding hydrogens is 124 g/mol. The standard InChI is InChI=1S/C8H18N2/c1-3-8(6-9)10-5-4-7(10)2/h7-8H,3-6,9H2,1-2H3. The second-order valence-corrected chi connectivity index (χ2v) is 3.17. The van der Waals surface area contributed by atoms with Crippen molar-refractivity contribution >= 4 is 0 Å². The summed E-state index contributed by atoms with van der Waals surface area (Å²) in [5.41, 5.74) is 5.61. The maximum absolute atomic E-state index is 5.61. The van der Waals surface area contributed by atoms with Gasteiger partial charge in [-0.05, 0) is 19.8 Å². The van der Waals surface area contributed by atoms with E-state index in [2.05, 4.69) is 18.7 Å². The fraction of sp³-hybridized carbons (Fsp3) is 1.00. The molecule has 0 saturated carbocycles. The van der Waals surface area contributed by atoms with Gasteiger partial charge in [-0.25, -0.2) is 0 Å². The van der Waals surface area contributed by atoms with Gasteiger partial charge < -0.3 is 5.73 Å². The molecule has 10 heavy (non-hydrogen) atoms. The van der Waals surface area contributed by atoms with Gasteiger partial charge in [-0.3, -0.25) is 4.90 Å². The van der Waals surface area contributed by atoms with Gasteiger partial charge in [0.2, 0.25) is 0 Å². The van der Waals surface area contributed by atoms with E-state index < -0.39 is 0 Å². The van der Waals surface area contributed by atoms with Crippen molar-refractivity contribution in [3.63, 3.8) is 0 Å². The molecule has 1 aliphatic rings. The summed E-state index contributed by atoms with van der Waals surface area (Å²) in [6, 6.07) is 1.43. The van der Waals surface area contributed by atoms with Gasteiger partial charge in [0.15, 0.2) is 0 Å². The van der Waals surface area contributed by atoms with Gasteiger partial charge in [-0.2, -0.15) is 0 Å². The Kier molecular flexibility index (Phi) is 2.69. The molecule has 0 bridgehead atoms. The largest absolute Gasteiger partial charge is 0.329 e. The predicted octanol–water partition coefficient (Wildman–Crippen LogP) is 0.818. The summed E-state index contributed by atoms with van der Waals surface area (Å²) >= 11 is 0. The molecule has 0 spiro atoms. The third-order valence-electron chi connectivity index (χ3n) is 2.58. The summed E-state index contributed by atoms with van der Waals surface area (Å²) in [5.74, 6) is 0. The zero-order chi connectivity index (χ0) is 7.56. The highest BCUT2D eigenvalue weighted by molar-refractivity contribution is 4.84. The van der Waals surface area contributed by atoms with Crippen molar-refractivity contribution in [1.29, 1.82) is 0 Å². The minimum absolute atomic E-state index is 0.642. The van der Waals surface area contributed by atoms with E-state index >= 15 is 0 Å². The molecule has 1 saturated heterocycles. The lowest BCUT2D eigenvalue weighted by atomic mass is 10.0. The Bertz CT molecular complexity index is 96.7. The molecule has 0 aliphatic carbocycles. The van der Waals surface area contributed by atoms with E-state index in [1.54, 1.807) is 0 Å². The van der Waals surface area contributed by atoms with Crippen molar-refractivity contribution < 1.29 is 0 Å². The van der Waals surface area contributed by atoms with Gasteiger partial charge in [0.25, 0.3) is 0 Å². The van der Waals surface area contributed by atoms with Gasteiger partial charge in [0.1, 0.15) is 0 Å². The second-order valence-electron chi connectivity index (χ2n) is 3.17. The Morgan fingerprint density at radius 3 is 2.50 bits per heavy atom. The monoisotopic (exact) mass is 142 g/mol. The van der Waals surface area contributed by atoms with Crippen LogP contribution in [0.15, 0.2) is 0 Å². The highest BCUT2D eigenvalue weighted by Gasteiger charge is 2.28. The minimum atomic E-state index is 0.642. The molecular formula is C8H18N2. The fourth-order valence-corrected chi connectivity index (χ4v) is 1.62. The van der Waals surface area contributed by atoms with Crippen LogP contribution in [-0.4, -0.2) is 30.1 Å². The zero-order valence-electron chi connectivity index (χ0n) is 7.01. The molecule has 1 fully saturated rings. The summed E-state index contributed by atoms with van der Waals surface area (Å²) in [6.45, 7) is 6.57. The van der Waals surface area contributed by atoms with Crippen LogP contribution in [-0.2, 0) is 0 Å². The molecule has 2 nitrogen and oxygen atoms in total. The van der Waals surface area contributed by atoms with Crippen LogP contribution >= 0.6 is 0 Å². The van der Waals surface area contributed by atoms with Crippen LogP contribution in [0.2, 0.25) is 0 Å². The quantitative estimate of drug-likeness (QED) is 0.632. The van der Waals surface area contributed by atoms with E-state index in [-0.39, 0.29) is 0 Å². The van der Waals surface area contributed by atoms with Crippen LogP contribution in [0.3, 0.4) is 0 Å². The number of hydrogen-bond donors (Lipinski definition) is 1. The van der Waals surface area contributed by atoms with Gasteiger partial charge in [0, 0.05) is 25.2 Å². The van der Waals surface area contributed by atoms with Crippen molar-refractivity contribution in [1.82, 2.24) is 4.90 Å². The van der Waals surface area contributed by atoms with E-state index in [0.29, 0.717) is 6.04 Å². The van der Waals surface area contributed by atoms with Crippen LogP contribution in [0.5, 0.6) is 0 Å².